The van der Waals surface area contributed by atoms with Crippen LogP contribution in [0.25, 0.3) is 28.0 Å². The number of aryl methyl sites for hydroxylation is 5. The molecule has 0 saturated carbocycles. The van der Waals surface area contributed by atoms with E-state index in [0.717, 1.165) is 16.6 Å². The number of terminal acetylenes is 1. The van der Waals surface area contributed by atoms with E-state index >= 15 is 0 Å². The summed E-state index contributed by atoms with van der Waals surface area (Å²) >= 11 is 0. The summed E-state index contributed by atoms with van der Waals surface area (Å²) in [6, 6.07) is 13.9. The van der Waals surface area contributed by atoms with Crippen LogP contribution in [0.5, 0.6) is 0 Å². The van der Waals surface area contributed by atoms with Crippen molar-refractivity contribution in [2.75, 3.05) is 10.6 Å². The molecule has 0 aliphatic heterocycles. The number of anilines is 2. The smallest absolute Gasteiger partial charge is 0.337 e. The molecule has 2 N–H and O–H groups in total. The standard InChI is InChI=1S/C33H30N10O3/c1-7-27-39-41(6)33(46)43(27)23-12-13-25(34-18-23)29-20(4)24-16-19(3)35-28(30(24)42(29)8-2)32(45)36-22-11-9-10-21(17-22)31(44)37-26-14-15-40(5)38-26/h1,9-18H,8H2,2-6H3,(H,36,45)(H,37,38,44). The van der Waals surface area contributed by atoms with Gasteiger partial charge in [0, 0.05) is 55.2 Å². The van der Waals surface area contributed by atoms with Crippen LogP contribution in [0.2, 0.25) is 0 Å². The summed E-state index contributed by atoms with van der Waals surface area (Å²) in [7, 11) is 3.29. The molecular weight excluding hydrogens is 584 g/mol. The molecule has 0 spiro atoms. The molecule has 0 atom stereocenters. The average Bonchev–Trinajstić information content (AvgIpc) is 3.68. The fraction of sp³-hybridized carbons (Fsp3) is 0.182. The van der Waals surface area contributed by atoms with Crippen LogP contribution in [0.1, 0.15) is 44.9 Å². The number of nitrogens with one attached hydrogen (secondary N) is 2. The first-order valence-electron chi connectivity index (χ1n) is 14.4. The van der Waals surface area contributed by atoms with E-state index < -0.39 is 5.91 Å². The summed E-state index contributed by atoms with van der Waals surface area (Å²) in [5.41, 5.74) is 4.87. The number of hydrogen-bond donors (Lipinski definition) is 2. The molecule has 5 heterocycles. The monoisotopic (exact) mass is 614 g/mol. The molecule has 2 amide bonds. The predicted molar refractivity (Wildman–Crippen MR) is 174 cm³/mol. The number of carbonyl (C=O) groups is 2. The Bertz CT molecular complexity index is 2260. The topological polar surface area (TPSA) is 147 Å². The lowest BCUT2D eigenvalue weighted by Crippen LogP contribution is -2.22. The lowest BCUT2D eigenvalue weighted by atomic mass is 10.1. The number of nitrogens with zero attached hydrogens (tertiary/aromatic N) is 8. The molecule has 1 aromatic carbocycles. The third kappa shape index (κ3) is 5.22. The summed E-state index contributed by atoms with van der Waals surface area (Å²) < 4.78 is 6.10. The molecule has 0 bridgehead atoms. The molecule has 0 aliphatic rings. The quantitative estimate of drug-likeness (QED) is 0.260. The minimum Gasteiger partial charge on any atom is -0.337 e. The van der Waals surface area contributed by atoms with Crippen LogP contribution in [0.4, 0.5) is 11.5 Å². The van der Waals surface area contributed by atoms with Crippen molar-refractivity contribution >= 4 is 34.2 Å². The largest absolute Gasteiger partial charge is 0.351 e. The van der Waals surface area contributed by atoms with Gasteiger partial charge in [-0.1, -0.05) is 6.07 Å². The summed E-state index contributed by atoms with van der Waals surface area (Å²) in [6.45, 7) is 6.33. The molecule has 0 aliphatic carbocycles. The molecule has 230 valence electrons. The maximum atomic E-state index is 13.8. The second-order valence-corrected chi connectivity index (χ2v) is 10.7. The zero-order chi connectivity index (χ0) is 32.7. The van der Waals surface area contributed by atoms with Gasteiger partial charge in [-0.3, -0.25) is 19.3 Å². The van der Waals surface area contributed by atoms with E-state index in [0.29, 0.717) is 46.2 Å². The van der Waals surface area contributed by atoms with Crippen LogP contribution < -0.4 is 16.3 Å². The highest BCUT2D eigenvalue weighted by Gasteiger charge is 2.24. The Labute approximate surface area is 263 Å². The average molecular weight is 615 g/mol. The first-order chi connectivity index (χ1) is 22.1. The molecule has 0 unspecified atom stereocenters. The van der Waals surface area contributed by atoms with Crippen molar-refractivity contribution in [1.29, 1.82) is 0 Å². The molecule has 13 nitrogen and oxygen atoms in total. The van der Waals surface area contributed by atoms with Gasteiger partial charge in [0.2, 0.25) is 5.82 Å². The van der Waals surface area contributed by atoms with Gasteiger partial charge in [-0.05, 0) is 68.7 Å². The Morgan fingerprint density at radius 2 is 1.80 bits per heavy atom. The van der Waals surface area contributed by atoms with E-state index in [-0.39, 0.29) is 23.1 Å². The van der Waals surface area contributed by atoms with E-state index in [1.807, 2.05) is 37.5 Å². The van der Waals surface area contributed by atoms with Crippen molar-refractivity contribution in [2.45, 2.75) is 27.3 Å². The van der Waals surface area contributed by atoms with Crippen LogP contribution >= 0.6 is 0 Å². The second-order valence-electron chi connectivity index (χ2n) is 10.7. The highest BCUT2D eigenvalue weighted by Crippen LogP contribution is 2.35. The Morgan fingerprint density at radius 3 is 2.48 bits per heavy atom. The SMILES string of the molecule is C#Cc1nn(C)c(=O)n1-c1ccc(-c2c(C)c3cc(C)nc(C(=O)Nc4cccc(C(=O)Nc5ccn(C)n5)c4)c3n2CC)nc1. The van der Waals surface area contributed by atoms with Gasteiger partial charge in [0.25, 0.3) is 11.8 Å². The van der Waals surface area contributed by atoms with Crippen molar-refractivity contribution < 1.29 is 9.59 Å². The number of aromatic nitrogens is 8. The number of pyridine rings is 2. The summed E-state index contributed by atoms with van der Waals surface area (Å²) in [6.07, 6.45) is 8.88. The van der Waals surface area contributed by atoms with Gasteiger partial charge in [0.1, 0.15) is 0 Å². The zero-order valence-electron chi connectivity index (χ0n) is 25.9. The van der Waals surface area contributed by atoms with Crippen molar-refractivity contribution in [1.82, 2.24) is 38.7 Å². The lowest BCUT2D eigenvalue weighted by Gasteiger charge is -2.12. The van der Waals surface area contributed by atoms with Crippen LogP contribution in [0, 0.1) is 26.2 Å². The molecule has 0 fully saturated rings. The maximum absolute atomic E-state index is 13.8. The Hall–Kier alpha value is -6.29. The van der Waals surface area contributed by atoms with Crippen LogP contribution in [0.15, 0.2) is 65.7 Å². The molecule has 6 rings (SSSR count). The number of fused-ring (bicyclic) bond motifs is 1. The van der Waals surface area contributed by atoms with Crippen LogP contribution in [0.3, 0.4) is 0 Å². The van der Waals surface area contributed by atoms with Crippen molar-refractivity contribution in [2.24, 2.45) is 14.1 Å². The number of hydrogen-bond acceptors (Lipinski definition) is 7. The Balaban J connectivity index is 1.35. The molecular formula is C33H30N10O3. The normalized spacial score (nSPS) is 11.0. The number of rotatable bonds is 7. The van der Waals surface area contributed by atoms with Crippen LogP contribution in [-0.4, -0.2) is 50.5 Å². The van der Waals surface area contributed by atoms with Gasteiger partial charge >= 0.3 is 5.69 Å². The fourth-order valence-corrected chi connectivity index (χ4v) is 5.52. The molecule has 0 radical (unpaired) electrons. The summed E-state index contributed by atoms with van der Waals surface area (Å²) in [4.78, 5) is 48.6. The Morgan fingerprint density at radius 1 is 1.00 bits per heavy atom. The molecule has 6 aromatic rings. The number of amides is 2. The first-order valence-corrected chi connectivity index (χ1v) is 14.4. The fourth-order valence-electron chi connectivity index (χ4n) is 5.52. The van der Waals surface area contributed by atoms with E-state index in [1.165, 1.54) is 16.3 Å². The second kappa shape index (κ2) is 11.7. The third-order valence-corrected chi connectivity index (χ3v) is 7.59. The van der Waals surface area contributed by atoms with E-state index in [2.05, 4.69) is 36.7 Å². The van der Waals surface area contributed by atoms with E-state index in [1.54, 1.807) is 60.5 Å². The summed E-state index contributed by atoms with van der Waals surface area (Å²) in [5.74, 6) is 2.26. The van der Waals surface area contributed by atoms with E-state index in [4.69, 9.17) is 6.42 Å². The van der Waals surface area contributed by atoms with Crippen molar-refractivity contribution in [3.63, 3.8) is 0 Å². The number of benzene rings is 1. The highest BCUT2D eigenvalue weighted by atomic mass is 16.2. The zero-order valence-corrected chi connectivity index (χ0v) is 25.9. The van der Waals surface area contributed by atoms with Gasteiger partial charge in [-0.15, -0.1) is 11.5 Å². The van der Waals surface area contributed by atoms with Gasteiger partial charge in [-0.2, -0.15) is 5.10 Å². The van der Waals surface area contributed by atoms with Gasteiger partial charge in [-0.25, -0.2) is 19.0 Å². The Kier molecular flexibility index (Phi) is 7.55. The third-order valence-electron chi connectivity index (χ3n) is 7.59. The first kappa shape index (κ1) is 29.8. The van der Waals surface area contributed by atoms with Crippen molar-refractivity contribution in [3.05, 3.63) is 99.7 Å². The summed E-state index contributed by atoms with van der Waals surface area (Å²) in [5, 5.41) is 14.8. The molecule has 0 saturated heterocycles. The van der Waals surface area contributed by atoms with E-state index in [9.17, 15) is 14.4 Å². The molecule has 5 aromatic heterocycles. The van der Waals surface area contributed by atoms with Gasteiger partial charge in [0.05, 0.1) is 28.8 Å². The maximum Gasteiger partial charge on any atom is 0.351 e. The molecule has 13 heteroatoms. The number of carbonyl (C=O) groups excluding carboxylic acids is 2. The van der Waals surface area contributed by atoms with Gasteiger partial charge in [0.15, 0.2) is 11.5 Å². The van der Waals surface area contributed by atoms with Crippen molar-refractivity contribution in [3.8, 4) is 29.4 Å². The highest BCUT2D eigenvalue weighted by molar-refractivity contribution is 6.13. The minimum atomic E-state index is -0.421. The predicted octanol–water partition coefficient (Wildman–Crippen LogP) is 3.84. The lowest BCUT2D eigenvalue weighted by molar-refractivity contribution is 0.101. The van der Waals surface area contributed by atoms with Gasteiger partial charge < -0.3 is 15.2 Å². The minimum absolute atomic E-state index is 0.178. The van der Waals surface area contributed by atoms with Crippen LogP contribution in [-0.2, 0) is 20.6 Å². The molecule has 46 heavy (non-hydrogen) atoms.